The molecule has 0 unspecified atom stereocenters. The third kappa shape index (κ3) is 2.49. The van der Waals surface area contributed by atoms with Crippen LogP contribution in [-0.4, -0.2) is 38.0 Å². The second-order valence-corrected chi connectivity index (χ2v) is 7.68. The molecular weight excluding hydrogens is 385 g/mol. The molecule has 2 aliphatic heterocycles. The van der Waals surface area contributed by atoms with Crippen LogP contribution in [0.5, 0.6) is 11.5 Å². The van der Waals surface area contributed by atoms with Crippen molar-refractivity contribution in [3.63, 3.8) is 0 Å². The molecule has 0 N–H and O–H groups in total. The van der Waals surface area contributed by atoms with Crippen LogP contribution >= 0.6 is 0 Å². The summed E-state index contributed by atoms with van der Waals surface area (Å²) in [5, 5.41) is 16.6. The number of pyridine rings is 1. The van der Waals surface area contributed by atoms with E-state index >= 15 is 0 Å². The van der Waals surface area contributed by atoms with Gasteiger partial charge in [0.2, 0.25) is 0 Å². The smallest absolute Gasteiger partial charge is 0.169 e. The number of ether oxygens (including phenoxy) is 2. The SMILES string of the molecule is Cc1nnccc1-c1cc2c(n3cnnc13)CCc1c(F)ccc3c1[C@H](CO3)CO2. The van der Waals surface area contributed by atoms with Gasteiger partial charge in [0.25, 0.3) is 0 Å². The van der Waals surface area contributed by atoms with Gasteiger partial charge in [-0.15, -0.1) is 10.2 Å². The van der Waals surface area contributed by atoms with Crippen LogP contribution in [-0.2, 0) is 12.8 Å². The highest BCUT2D eigenvalue weighted by Gasteiger charge is 2.31. The van der Waals surface area contributed by atoms with E-state index in [2.05, 4.69) is 20.4 Å². The highest BCUT2D eigenvalue weighted by Crippen LogP contribution is 2.41. The molecule has 150 valence electrons. The van der Waals surface area contributed by atoms with Gasteiger partial charge < -0.3 is 9.47 Å². The molecule has 0 aliphatic carbocycles. The van der Waals surface area contributed by atoms with E-state index in [1.165, 1.54) is 6.07 Å². The minimum atomic E-state index is -0.192. The Morgan fingerprint density at radius 3 is 2.73 bits per heavy atom. The lowest BCUT2D eigenvalue weighted by Crippen LogP contribution is -2.13. The van der Waals surface area contributed by atoms with Crippen molar-refractivity contribution in [2.45, 2.75) is 25.7 Å². The second-order valence-electron chi connectivity index (χ2n) is 7.68. The molecule has 0 amide bonds. The van der Waals surface area contributed by atoms with E-state index in [-0.39, 0.29) is 11.7 Å². The fourth-order valence-electron chi connectivity index (χ4n) is 4.55. The number of halogens is 1. The summed E-state index contributed by atoms with van der Waals surface area (Å²) in [6.07, 6.45) is 4.49. The lowest BCUT2D eigenvalue weighted by Gasteiger charge is -2.16. The van der Waals surface area contributed by atoms with Crippen LogP contribution in [0.3, 0.4) is 0 Å². The summed E-state index contributed by atoms with van der Waals surface area (Å²) < 4.78 is 28.8. The second kappa shape index (κ2) is 6.48. The van der Waals surface area contributed by atoms with Crippen molar-refractivity contribution in [1.82, 2.24) is 24.8 Å². The van der Waals surface area contributed by atoms with Crippen LogP contribution in [0, 0.1) is 12.7 Å². The number of nitrogens with zero attached hydrogens (tertiary/aromatic N) is 5. The van der Waals surface area contributed by atoms with E-state index < -0.39 is 0 Å². The Balaban J connectivity index is 1.54. The predicted octanol–water partition coefficient (Wildman–Crippen LogP) is 3.29. The molecule has 4 aromatic rings. The van der Waals surface area contributed by atoms with E-state index in [4.69, 9.17) is 9.47 Å². The Kier molecular flexibility index (Phi) is 3.74. The number of benzene rings is 1. The monoisotopic (exact) mass is 403 g/mol. The third-order valence-electron chi connectivity index (χ3n) is 5.99. The molecular formula is C22H18FN5O2. The molecule has 6 rings (SSSR count). The number of hydrogen-bond donors (Lipinski definition) is 0. The van der Waals surface area contributed by atoms with Gasteiger partial charge in [-0.2, -0.15) is 10.2 Å². The van der Waals surface area contributed by atoms with Crippen molar-refractivity contribution in [2.24, 2.45) is 0 Å². The first-order valence-corrected chi connectivity index (χ1v) is 9.92. The van der Waals surface area contributed by atoms with Gasteiger partial charge in [-0.3, -0.25) is 4.40 Å². The van der Waals surface area contributed by atoms with Crippen LogP contribution < -0.4 is 9.47 Å². The maximum absolute atomic E-state index is 14.7. The fraction of sp³-hybridized carbons (Fsp3) is 0.273. The van der Waals surface area contributed by atoms with Gasteiger partial charge in [-0.25, -0.2) is 4.39 Å². The topological polar surface area (TPSA) is 74.4 Å². The Morgan fingerprint density at radius 1 is 1.00 bits per heavy atom. The van der Waals surface area contributed by atoms with Crippen LogP contribution in [0.4, 0.5) is 4.39 Å². The van der Waals surface area contributed by atoms with Crippen LogP contribution in [0.15, 0.2) is 36.8 Å². The molecule has 0 saturated carbocycles. The van der Waals surface area contributed by atoms with Crippen molar-refractivity contribution < 1.29 is 13.9 Å². The Morgan fingerprint density at radius 2 is 1.87 bits per heavy atom. The summed E-state index contributed by atoms with van der Waals surface area (Å²) in [5.74, 6) is 1.32. The molecule has 0 bridgehead atoms. The average Bonchev–Trinajstić information content (AvgIpc) is 3.40. The highest BCUT2D eigenvalue weighted by atomic mass is 19.1. The molecule has 30 heavy (non-hydrogen) atoms. The molecule has 3 aromatic heterocycles. The van der Waals surface area contributed by atoms with Gasteiger partial charge in [0.05, 0.1) is 36.7 Å². The molecule has 1 atom stereocenters. The molecule has 7 nitrogen and oxygen atoms in total. The van der Waals surface area contributed by atoms with E-state index in [9.17, 15) is 4.39 Å². The van der Waals surface area contributed by atoms with Gasteiger partial charge in [-0.05, 0) is 49.6 Å². The quantitative estimate of drug-likeness (QED) is 0.486. The minimum absolute atomic E-state index is 0.000960. The number of aryl methyl sites for hydroxylation is 2. The van der Waals surface area contributed by atoms with Crippen molar-refractivity contribution in [3.05, 3.63) is 65.1 Å². The van der Waals surface area contributed by atoms with Crippen LogP contribution in [0.2, 0.25) is 0 Å². The summed E-state index contributed by atoms with van der Waals surface area (Å²) in [6, 6.07) is 7.12. The van der Waals surface area contributed by atoms with Crippen molar-refractivity contribution in [1.29, 1.82) is 0 Å². The molecule has 0 fully saturated rings. The van der Waals surface area contributed by atoms with Crippen molar-refractivity contribution in [3.8, 4) is 22.6 Å². The van der Waals surface area contributed by atoms with Gasteiger partial charge in [0.15, 0.2) is 5.65 Å². The first kappa shape index (κ1) is 17.3. The summed E-state index contributed by atoms with van der Waals surface area (Å²) in [6.45, 7) is 2.82. The molecule has 8 heteroatoms. The lowest BCUT2D eigenvalue weighted by molar-refractivity contribution is 0.246. The normalized spacial score (nSPS) is 17.3. The first-order chi connectivity index (χ1) is 14.7. The number of aromatic nitrogens is 5. The summed E-state index contributed by atoms with van der Waals surface area (Å²) >= 11 is 0. The zero-order chi connectivity index (χ0) is 20.2. The molecule has 2 aliphatic rings. The van der Waals surface area contributed by atoms with E-state index in [1.54, 1.807) is 18.6 Å². The Bertz CT molecular complexity index is 1300. The summed E-state index contributed by atoms with van der Waals surface area (Å²) in [4.78, 5) is 0. The number of hydrogen-bond acceptors (Lipinski definition) is 6. The fourth-order valence-corrected chi connectivity index (χ4v) is 4.55. The lowest BCUT2D eigenvalue weighted by atomic mass is 9.93. The van der Waals surface area contributed by atoms with Gasteiger partial charge in [0, 0.05) is 16.7 Å². The first-order valence-electron chi connectivity index (χ1n) is 9.92. The van der Waals surface area contributed by atoms with E-state index in [0.29, 0.717) is 37.3 Å². The minimum Gasteiger partial charge on any atom is -0.493 e. The highest BCUT2D eigenvalue weighted by molar-refractivity contribution is 5.80. The molecule has 1 aromatic carbocycles. The Labute approximate surface area is 171 Å². The van der Waals surface area contributed by atoms with E-state index in [0.717, 1.165) is 39.6 Å². The molecule has 0 spiro atoms. The largest absolute Gasteiger partial charge is 0.493 e. The van der Waals surface area contributed by atoms with Crippen LogP contribution in [0.25, 0.3) is 16.8 Å². The maximum Gasteiger partial charge on any atom is 0.169 e. The zero-order valence-electron chi connectivity index (χ0n) is 16.3. The van der Waals surface area contributed by atoms with Crippen molar-refractivity contribution in [2.75, 3.05) is 13.2 Å². The predicted molar refractivity (Wildman–Crippen MR) is 106 cm³/mol. The van der Waals surface area contributed by atoms with Crippen LogP contribution in [0.1, 0.15) is 28.4 Å². The summed E-state index contributed by atoms with van der Waals surface area (Å²) in [5.41, 5.74) is 5.90. The van der Waals surface area contributed by atoms with E-state index in [1.807, 2.05) is 23.5 Å². The zero-order valence-corrected chi connectivity index (χ0v) is 16.3. The Hall–Kier alpha value is -3.55. The molecule has 0 radical (unpaired) electrons. The average molecular weight is 403 g/mol. The van der Waals surface area contributed by atoms with Gasteiger partial charge in [-0.1, -0.05) is 0 Å². The summed E-state index contributed by atoms with van der Waals surface area (Å²) in [7, 11) is 0. The van der Waals surface area contributed by atoms with Gasteiger partial charge >= 0.3 is 0 Å². The molecule has 5 heterocycles. The third-order valence-corrected chi connectivity index (χ3v) is 5.99. The molecule has 0 saturated heterocycles. The number of fused-ring (bicyclic) bond motifs is 3. The standard InChI is InChI=1S/C22H18FN5O2/c1-12-14(6-7-24-26-12)16-8-20-18(28-11-25-27-22(16)28)4-2-15-17(23)3-5-19-21(15)13(9-29-19)10-30-20/h3,5-8,11,13H,2,4,9-10H2,1H3/t13-/m1/s1. The van der Waals surface area contributed by atoms with Crippen molar-refractivity contribution >= 4 is 5.65 Å². The van der Waals surface area contributed by atoms with Gasteiger partial charge in [0.1, 0.15) is 23.6 Å². The number of rotatable bonds is 1. The maximum atomic E-state index is 14.7.